The van der Waals surface area contributed by atoms with Crippen LogP contribution in [0.1, 0.15) is 16.7 Å². The van der Waals surface area contributed by atoms with Gasteiger partial charge in [-0.1, -0.05) is 24.3 Å². The van der Waals surface area contributed by atoms with Crippen molar-refractivity contribution in [2.24, 2.45) is 4.99 Å². The van der Waals surface area contributed by atoms with Crippen LogP contribution in [0.2, 0.25) is 0 Å². The van der Waals surface area contributed by atoms with Crippen LogP contribution in [-0.2, 0) is 13.0 Å². The number of benzene rings is 2. The lowest BCUT2D eigenvalue weighted by Gasteiger charge is -2.13. The molecule has 4 nitrogen and oxygen atoms in total. The van der Waals surface area contributed by atoms with E-state index in [9.17, 15) is 4.39 Å². The minimum Gasteiger partial charge on any atom is -0.496 e. The number of nitrogens with one attached hydrogen (secondary N) is 2. The summed E-state index contributed by atoms with van der Waals surface area (Å²) in [7, 11) is 3.40. The molecule has 0 aliphatic heterocycles. The van der Waals surface area contributed by atoms with Crippen LogP contribution in [0.15, 0.2) is 47.5 Å². The number of nitrogens with zero attached hydrogens (tertiary/aromatic N) is 1. The zero-order valence-electron chi connectivity index (χ0n) is 14.4. The van der Waals surface area contributed by atoms with Crippen molar-refractivity contribution < 1.29 is 9.13 Å². The zero-order valence-corrected chi connectivity index (χ0v) is 14.4. The Hall–Kier alpha value is -2.56. The Morgan fingerprint density at radius 1 is 1.12 bits per heavy atom. The van der Waals surface area contributed by atoms with Gasteiger partial charge >= 0.3 is 0 Å². The largest absolute Gasteiger partial charge is 0.496 e. The number of aliphatic imine (C=N–C) groups is 1. The van der Waals surface area contributed by atoms with Gasteiger partial charge in [-0.3, -0.25) is 4.99 Å². The molecule has 2 aromatic rings. The Morgan fingerprint density at radius 2 is 1.96 bits per heavy atom. The van der Waals surface area contributed by atoms with Crippen LogP contribution in [0.5, 0.6) is 5.75 Å². The predicted octanol–water partition coefficient (Wildman–Crippen LogP) is 3.05. The summed E-state index contributed by atoms with van der Waals surface area (Å²) in [5.74, 6) is 1.39. The van der Waals surface area contributed by atoms with E-state index in [-0.39, 0.29) is 5.82 Å². The van der Waals surface area contributed by atoms with E-state index in [1.807, 2.05) is 25.1 Å². The fraction of sp³-hybridized carbons (Fsp3) is 0.316. The van der Waals surface area contributed by atoms with E-state index >= 15 is 0 Å². The molecule has 0 aliphatic rings. The number of guanidine groups is 1. The molecule has 0 heterocycles. The lowest BCUT2D eigenvalue weighted by atomic mass is 10.1. The topological polar surface area (TPSA) is 45.7 Å². The first kappa shape index (κ1) is 17.8. The highest BCUT2D eigenvalue weighted by Gasteiger charge is 2.03. The molecular formula is C19H24FN3O. The molecule has 2 aromatic carbocycles. The molecule has 0 spiro atoms. The van der Waals surface area contributed by atoms with E-state index in [0.29, 0.717) is 19.0 Å². The first-order valence-electron chi connectivity index (χ1n) is 7.95. The van der Waals surface area contributed by atoms with Gasteiger partial charge in [-0.05, 0) is 48.2 Å². The number of halogens is 1. The van der Waals surface area contributed by atoms with Gasteiger partial charge in [0.05, 0.1) is 7.11 Å². The molecular weight excluding hydrogens is 305 g/mol. The fourth-order valence-corrected chi connectivity index (χ4v) is 2.40. The third kappa shape index (κ3) is 5.26. The molecule has 128 valence electrons. The Balaban J connectivity index is 1.82. The van der Waals surface area contributed by atoms with E-state index in [1.165, 1.54) is 6.07 Å². The minimum absolute atomic E-state index is 0.205. The highest BCUT2D eigenvalue weighted by atomic mass is 19.1. The molecule has 0 saturated carbocycles. The smallest absolute Gasteiger partial charge is 0.191 e. The van der Waals surface area contributed by atoms with Crippen LogP contribution in [0.4, 0.5) is 4.39 Å². The summed E-state index contributed by atoms with van der Waals surface area (Å²) < 4.78 is 18.5. The van der Waals surface area contributed by atoms with E-state index < -0.39 is 0 Å². The van der Waals surface area contributed by atoms with Gasteiger partial charge in [0.15, 0.2) is 5.96 Å². The maximum Gasteiger partial charge on any atom is 0.191 e. The number of aryl methyl sites for hydroxylation is 1. The summed E-state index contributed by atoms with van der Waals surface area (Å²) in [6, 6.07) is 12.8. The van der Waals surface area contributed by atoms with Crippen LogP contribution < -0.4 is 15.4 Å². The number of rotatable bonds is 6. The average molecular weight is 329 g/mol. The van der Waals surface area contributed by atoms with Crippen molar-refractivity contribution in [3.63, 3.8) is 0 Å². The average Bonchev–Trinajstić information content (AvgIpc) is 2.59. The second kappa shape index (κ2) is 8.91. The predicted molar refractivity (Wildman–Crippen MR) is 96.0 cm³/mol. The summed E-state index contributed by atoms with van der Waals surface area (Å²) in [5.41, 5.74) is 3.19. The Labute approximate surface area is 142 Å². The molecule has 0 aliphatic carbocycles. The number of ether oxygens (including phenoxy) is 1. The second-order valence-corrected chi connectivity index (χ2v) is 5.54. The first-order valence-corrected chi connectivity index (χ1v) is 7.95. The lowest BCUT2D eigenvalue weighted by molar-refractivity contribution is 0.411. The number of hydrogen-bond acceptors (Lipinski definition) is 2. The Bertz CT molecular complexity index is 701. The minimum atomic E-state index is -0.205. The summed E-state index contributed by atoms with van der Waals surface area (Å²) in [5, 5.41) is 6.50. The summed E-state index contributed by atoms with van der Waals surface area (Å²) in [6.07, 6.45) is 0.733. The second-order valence-electron chi connectivity index (χ2n) is 5.54. The third-order valence-electron chi connectivity index (χ3n) is 3.75. The number of hydrogen-bond donors (Lipinski definition) is 2. The van der Waals surface area contributed by atoms with Crippen molar-refractivity contribution >= 4 is 5.96 Å². The van der Waals surface area contributed by atoms with E-state index in [1.54, 1.807) is 26.3 Å². The monoisotopic (exact) mass is 329 g/mol. The normalized spacial score (nSPS) is 11.2. The van der Waals surface area contributed by atoms with Crippen molar-refractivity contribution in [3.8, 4) is 5.75 Å². The molecule has 5 heteroatoms. The van der Waals surface area contributed by atoms with Crippen LogP contribution in [0.3, 0.4) is 0 Å². The highest BCUT2D eigenvalue weighted by molar-refractivity contribution is 5.79. The molecule has 2 N–H and O–H groups in total. The molecule has 0 fully saturated rings. The molecule has 0 radical (unpaired) electrons. The van der Waals surface area contributed by atoms with E-state index in [2.05, 4.69) is 21.7 Å². The molecule has 0 bridgehead atoms. The molecule has 0 aromatic heterocycles. The van der Waals surface area contributed by atoms with Crippen LogP contribution in [-0.4, -0.2) is 26.7 Å². The Morgan fingerprint density at radius 3 is 2.67 bits per heavy atom. The van der Waals surface area contributed by atoms with Crippen molar-refractivity contribution in [1.82, 2.24) is 10.6 Å². The molecule has 24 heavy (non-hydrogen) atoms. The molecule has 0 atom stereocenters. The van der Waals surface area contributed by atoms with Crippen LogP contribution in [0.25, 0.3) is 0 Å². The fourth-order valence-electron chi connectivity index (χ4n) is 2.40. The van der Waals surface area contributed by atoms with Crippen molar-refractivity contribution in [2.45, 2.75) is 19.9 Å². The quantitative estimate of drug-likeness (QED) is 0.632. The van der Waals surface area contributed by atoms with Gasteiger partial charge in [-0.25, -0.2) is 4.39 Å². The van der Waals surface area contributed by atoms with Gasteiger partial charge in [0.25, 0.3) is 0 Å². The van der Waals surface area contributed by atoms with Gasteiger partial charge in [0.1, 0.15) is 11.6 Å². The van der Waals surface area contributed by atoms with E-state index in [0.717, 1.165) is 28.9 Å². The maximum atomic E-state index is 13.2. The Kier molecular flexibility index (Phi) is 6.61. The third-order valence-corrected chi connectivity index (χ3v) is 3.75. The van der Waals surface area contributed by atoms with Crippen molar-refractivity contribution in [3.05, 3.63) is 65.0 Å². The van der Waals surface area contributed by atoms with Gasteiger partial charge in [0, 0.05) is 20.1 Å². The summed E-state index contributed by atoms with van der Waals surface area (Å²) in [4.78, 5) is 4.20. The first-order chi connectivity index (χ1) is 11.6. The van der Waals surface area contributed by atoms with Gasteiger partial charge in [0.2, 0.25) is 0 Å². The van der Waals surface area contributed by atoms with Gasteiger partial charge in [-0.15, -0.1) is 0 Å². The molecule has 2 rings (SSSR count). The SMILES string of the molecule is CN=C(NCCc1cccc(F)c1)NCc1ccc(C)c(OC)c1. The van der Waals surface area contributed by atoms with Gasteiger partial charge in [-0.2, -0.15) is 0 Å². The van der Waals surface area contributed by atoms with E-state index in [4.69, 9.17) is 4.74 Å². The van der Waals surface area contributed by atoms with Crippen LogP contribution in [0, 0.1) is 12.7 Å². The molecule has 0 saturated heterocycles. The van der Waals surface area contributed by atoms with Crippen molar-refractivity contribution in [2.75, 3.05) is 20.7 Å². The molecule has 0 amide bonds. The lowest BCUT2D eigenvalue weighted by Crippen LogP contribution is -2.37. The molecule has 0 unspecified atom stereocenters. The standard InChI is InChI=1S/C19H24FN3O/c1-14-7-8-16(12-18(14)24-3)13-23-19(21-2)22-10-9-15-5-4-6-17(20)11-15/h4-8,11-12H,9-10,13H2,1-3H3,(H2,21,22,23). The highest BCUT2D eigenvalue weighted by Crippen LogP contribution is 2.18. The van der Waals surface area contributed by atoms with Crippen molar-refractivity contribution in [1.29, 1.82) is 0 Å². The van der Waals surface area contributed by atoms with Gasteiger partial charge < -0.3 is 15.4 Å². The number of methoxy groups -OCH3 is 1. The van der Waals surface area contributed by atoms with Crippen LogP contribution >= 0.6 is 0 Å². The summed E-state index contributed by atoms with van der Waals surface area (Å²) >= 11 is 0. The maximum absolute atomic E-state index is 13.2. The summed E-state index contributed by atoms with van der Waals surface area (Å²) in [6.45, 7) is 3.35. The zero-order chi connectivity index (χ0) is 17.4.